The molecule has 3 nitrogen and oxygen atoms in total. The SMILES string of the molecule is Cn1[nH]c2nc(Cl)c3c(F)cccc3c21. The second-order valence-corrected chi connectivity index (χ2v) is 3.79. The van der Waals surface area contributed by atoms with Crippen LogP contribution in [0.2, 0.25) is 5.15 Å². The molecule has 0 atom stereocenters. The Morgan fingerprint density at radius 2 is 2.27 bits per heavy atom. The molecule has 0 fully saturated rings. The van der Waals surface area contributed by atoms with Crippen molar-refractivity contribution in [2.75, 3.05) is 0 Å². The topological polar surface area (TPSA) is 33.6 Å². The molecule has 3 rings (SSSR count). The van der Waals surface area contributed by atoms with E-state index in [4.69, 9.17) is 11.6 Å². The molecule has 0 unspecified atom stereocenters. The minimum Gasteiger partial charge on any atom is -0.285 e. The molecule has 0 radical (unpaired) electrons. The first-order chi connectivity index (χ1) is 7.18. The number of hydrogen-bond acceptors (Lipinski definition) is 1. The highest BCUT2D eigenvalue weighted by atomic mass is 35.5. The number of rotatable bonds is 0. The van der Waals surface area contributed by atoms with Crippen LogP contribution in [0.4, 0.5) is 4.39 Å². The summed E-state index contributed by atoms with van der Waals surface area (Å²) >= 11 is 5.91. The van der Waals surface area contributed by atoms with Gasteiger partial charge in [-0.1, -0.05) is 23.7 Å². The summed E-state index contributed by atoms with van der Waals surface area (Å²) in [5, 5.41) is 4.32. The molecule has 15 heavy (non-hydrogen) atoms. The summed E-state index contributed by atoms with van der Waals surface area (Å²) in [6, 6.07) is 4.89. The smallest absolute Gasteiger partial charge is 0.172 e. The van der Waals surface area contributed by atoms with Crippen molar-refractivity contribution >= 4 is 33.5 Å². The molecule has 0 bridgehead atoms. The van der Waals surface area contributed by atoms with Gasteiger partial charge in [-0.25, -0.2) is 9.37 Å². The minimum absolute atomic E-state index is 0.197. The molecule has 0 aliphatic heterocycles. The van der Waals surface area contributed by atoms with E-state index in [1.54, 1.807) is 10.7 Å². The number of pyridine rings is 1. The lowest BCUT2D eigenvalue weighted by Gasteiger charge is -2.14. The summed E-state index contributed by atoms with van der Waals surface area (Å²) in [4.78, 5) is 4.07. The molecule has 1 N–H and O–H groups in total. The molecular formula is C10H7ClFN3. The first kappa shape index (κ1) is 8.73. The highest BCUT2D eigenvalue weighted by Crippen LogP contribution is 2.30. The largest absolute Gasteiger partial charge is 0.285 e. The highest BCUT2D eigenvalue weighted by molar-refractivity contribution is 6.35. The van der Waals surface area contributed by atoms with Crippen molar-refractivity contribution in [3.8, 4) is 0 Å². The van der Waals surface area contributed by atoms with Gasteiger partial charge in [0, 0.05) is 12.4 Å². The molecule has 5 heteroatoms. The van der Waals surface area contributed by atoms with Gasteiger partial charge in [0.15, 0.2) is 5.65 Å². The van der Waals surface area contributed by atoms with Gasteiger partial charge < -0.3 is 0 Å². The lowest BCUT2D eigenvalue weighted by molar-refractivity contribution is 0.639. The Morgan fingerprint density at radius 3 is 3.00 bits per heavy atom. The molecule has 0 aliphatic carbocycles. The second kappa shape index (κ2) is 2.73. The van der Waals surface area contributed by atoms with Crippen molar-refractivity contribution in [2.45, 2.75) is 0 Å². The normalized spacial score (nSPS) is 11.7. The third-order valence-electron chi connectivity index (χ3n) is 2.52. The van der Waals surface area contributed by atoms with Crippen molar-refractivity contribution in [3.05, 3.63) is 29.2 Å². The number of hydrogen-bond donors (Lipinski definition) is 1. The number of fused-ring (bicyclic) bond motifs is 3. The van der Waals surface area contributed by atoms with E-state index < -0.39 is 0 Å². The second-order valence-electron chi connectivity index (χ2n) is 3.43. The van der Waals surface area contributed by atoms with E-state index in [0.717, 1.165) is 10.9 Å². The Morgan fingerprint density at radius 1 is 1.47 bits per heavy atom. The summed E-state index contributed by atoms with van der Waals surface area (Å²) in [6.07, 6.45) is 0. The fourth-order valence-electron chi connectivity index (χ4n) is 1.84. The van der Waals surface area contributed by atoms with Crippen LogP contribution in [-0.4, -0.2) is 14.8 Å². The number of nitrogens with zero attached hydrogens (tertiary/aromatic N) is 2. The Balaban J connectivity index is 2.63. The van der Waals surface area contributed by atoms with Crippen LogP contribution in [0.15, 0.2) is 18.2 Å². The Labute approximate surface area is 89.4 Å². The zero-order chi connectivity index (χ0) is 10.6. The van der Waals surface area contributed by atoms with Gasteiger partial charge in [0.05, 0.1) is 5.39 Å². The van der Waals surface area contributed by atoms with Gasteiger partial charge in [0.2, 0.25) is 0 Å². The summed E-state index contributed by atoms with van der Waals surface area (Å²) in [5.41, 5.74) is 1.58. The van der Waals surface area contributed by atoms with Crippen LogP contribution in [0.5, 0.6) is 0 Å². The number of H-pyrrole nitrogens is 1. The fourth-order valence-corrected chi connectivity index (χ4v) is 2.12. The molecular weight excluding hydrogens is 217 g/mol. The number of aromatic amines is 1. The third-order valence-corrected chi connectivity index (χ3v) is 2.79. The zero-order valence-electron chi connectivity index (χ0n) is 7.88. The summed E-state index contributed by atoms with van der Waals surface area (Å²) in [5.74, 6) is -0.340. The van der Waals surface area contributed by atoms with Crippen molar-refractivity contribution in [2.24, 2.45) is 7.05 Å². The van der Waals surface area contributed by atoms with Gasteiger partial charge in [-0.15, -0.1) is 0 Å². The first-order valence-electron chi connectivity index (χ1n) is 4.46. The van der Waals surface area contributed by atoms with Crippen LogP contribution >= 0.6 is 11.6 Å². The standard InChI is InChI=1S/C10H7ClFN3/c1-15-8-5-3-2-4-6(12)7(5)9(11)13-10(8)14-15/h2-4H,1H3,(H,13,14). The van der Waals surface area contributed by atoms with E-state index in [0.29, 0.717) is 11.0 Å². The predicted molar refractivity (Wildman–Crippen MR) is 57.5 cm³/mol. The molecule has 0 saturated carbocycles. The van der Waals surface area contributed by atoms with Gasteiger partial charge in [0.1, 0.15) is 16.5 Å². The van der Waals surface area contributed by atoms with Gasteiger partial charge >= 0.3 is 0 Å². The lowest BCUT2D eigenvalue weighted by Crippen LogP contribution is -2.08. The Hall–Kier alpha value is -1.55. The summed E-state index contributed by atoms with van der Waals surface area (Å²) in [7, 11) is 1.85. The van der Waals surface area contributed by atoms with Crippen molar-refractivity contribution < 1.29 is 4.39 Å². The quantitative estimate of drug-likeness (QED) is 0.584. The molecule has 1 aromatic carbocycles. The number of aryl methyl sites for hydroxylation is 1. The van der Waals surface area contributed by atoms with Gasteiger partial charge in [-0.3, -0.25) is 9.78 Å². The van der Waals surface area contributed by atoms with Crippen LogP contribution < -0.4 is 0 Å². The monoisotopic (exact) mass is 223 g/mol. The number of halogens is 2. The van der Waals surface area contributed by atoms with Crippen LogP contribution in [0.25, 0.3) is 21.9 Å². The van der Waals surface area contributed by atoms with E-state index in [2.05, 4.69) is 10.1 Å². The van der Waals surface area contributed by atoms with Crippen LogP contribution in [0, 0.1) is 5.82 Å². The molecule has 2 heterocycles. The van der Waals surface area contributed by atoms with E-state index >= 15 is 0 Å². The van der Waals surface area contributed by atoms with E-state index in [9.17, 15) is 4.39 Å². The number of aromatic nitrogens is 3. The van der Waals surface area contributed by atoms with Gasteiger partial charge in [-0.2, -0.15) is 0 Å². The van der Waals surface area contributed by atoms with Crippen molar-refractivity contribution in [1.29, 1.82) is 0 Å². The molecule has 2 aromatic heterocycles. The van der Waals surface area contributed by atoms with E-state index in [1.165, 1.54) is 6.07 Å². The molecule has 0 aliphatic rings. The maximum atomic E-state index is 13.5. The number of nitrogens with one attached hydrogen (secondary N) is 1. The maximum absolute atomic E-state index is 13.5. The number of benzene rings is 1. The Bertz CT molecular complexity index is 668. The van der Waals surface area contributed by atoms with Crippen LogP contribution in [0.1, 0.15) is 0 Å². The zero-order valence-corrected chi connectivity index (χ0v) is 8.64. The van der Waals surface area contributed by atoms with Gasteiger partial charge in [-0.05, 0) is 6.07 Å². The fraction of sp³-hybridized carbons (Fsp3) is 0.100. The van der Waals surface area contributed by atoms with E-state index in [-0.39, 0.29) is 11.0 Å². The van der Waals surface area contributed by atoms with Crippen molar-refractivity contribution in [1.82, 2.24) is 14.8 Å². The average molecular weight is 224 g/mol. The van der Waals surface area contributed by atoms with Crippen LogP contribution in [-0.2, 0) is 7.05 Å². The lowest BCUT2D eigenvalue weighted by atomic mass is 10.1. The van der Waals surface area contributed by atoms with Crippen molar-refractivity contribution in [3.63, 3.8) is 0 Å². The Kier molecular flexibility index (Phi) is 1.59. The molecule has 76 valence electrons. The molecule has 0 amide bonds. The van der Waals surface area contributed by atoms with Crippen LogP contribution in [0.3, 0.4) is 0 Å². The molecule has 3 aromatic rings. The van der Waals surface area contributed by atoms with Gasteiger partial charge in [0.25, 0.3) is 0 Å². The summed E-state index contributed by atoms with van der Waals surface area (Å²) in [6.45, 7) is 0. The molecule has 0 spiro atoms. The first-order valence-corrected chi connectivity index (χ1v) is 4.84. The van der Waals surface area contributed by atoms with E-state index in [1.807, 2.05) is 13.1 Å². The minimum atomic E-state index is -0.340. The highest BCUT2D eigenvalue weighted by Gasteiger charge is 2.14. The predicted octanol–water partition coefficient (Wildman–Crippen LogP) is 2.85. The maximum Gasteiger partial charge on any atom is 0.172 e. The average Bonchev–Trinajstić information content (AvgIpc) is 2.15. The third kappa shape index (κ3) is 1.02. The molecule has 0 saturated heterocycles. The summed E-state index contributed by atoms with van der Waals surface area (Å²) < 4.78 is 15.3.